The maximum absolute atomic E-state index is 12.2. The van der Waals surface area contributed by atoms with Crippen molar-refractivity contribution >= 4 is 107 Å². The molecule has 149 heavy (non-hydrogen) atoms. The van der Waals surface area contributed by atoms with Crippen LogP contribution < -0.4 is 0 Å². The third-order valence-corrected chi connectivity index (χ3v) is 26.8. The maximum Gasteiger partial charge on any atom is 0.302 e. The quantitative estimate of drug-likeness (QED) is 0.0290. The molecule has 9 saturated heterocycles. The van der Waals surface area contributed by atoms with E-state index in [1.165, 1.54) is 117 Å². The first-order chi connectivity index (χ1) is 68.6. The smallest absolute Gasteiger partial charge is 0.302 e. The minimum atomic E-state index is -0.359. The van der Waals surface area contributed by atoms with Crippen molar-refractivity contribution in [2.24, 2.45) is 41.4 Å². The first kappa shape index (κ1) is 141. The van der Waals surface area contributed by atoms with E-state index < -0.39 is 0 Å². The van der Waals surface area contributed by atoms with Gasteiger partial charge in [0.25, 0.3) is 11.9 Å². The van der Waals surface area contributed by atoms with Crippen molar-refractivity contribution in [3.8, 4) is 0 Å². The third-order valence-electron chi connectivity index (χ3n) is 26.8. The molecule has 5 atom stereocenters. The first-order valence-electron chi connectivity index (χ1n) is 51.0. The Morgan fingerprint density at radius 2 is 0.537 bits per heavy atom. The molecular weight excluding hydrogens is 2070 g/mol. The molecule has 834 valence electrons. The van der Waals surface area contributed by atoms with Crippen LogP contribution in [0.25, 0.3) is 0 Å². The van der Waals surface area contributed by atoms with E-state index >= 15 is 0 Å². The molecule has 0 aromatic carbocycles. The summed E-state index contributed by atoms with van der Waals surface area (Å²) in [6.07, 6.45) is 30.2. The van der Waals surface area contributed by atoms with Crippen molar-refractivity contribution in [3.63, 3.8) is 0 Å². The van der Waals surface area contributed by atoms with Gasteiger partial charge in [-0.25, -0.2) is 0 Å². The predicted octanol–water partition coefficient (Wildman–Crippen LogP) is 14.0. The topological polar surface area (TPSA) is 419 Å². The van der Waals surface area contributed by atoms with Crippen LogP contribution in [0.5, 0.6) is 0 Å². The molecule has 0 saturated carbocycles. The summed E-state index contributed by atoms with van der Waals surface area (Å²) < 4.78 is 44.6. The largest absolute Gasteiger partial charge is 0.637 e. The van der Waals surface area contributed by atoms with E-state index in [-0.39, 0.29) is 241 Å². The summed E-state index contributed by atoms with van der Waals surface area (Å²) in [5.41, 5.74) is -1.57. The SMILES string of the molecule is C=CC(=O)N1C(C)(C)CC(COC(C)=O)CC1(C)C.C=CC(=O)N1C(C)(C)CC(C[CH-]OC(C)=O)CC1(C)C.C=CC(=O)N1C(C)(C)CCC(COC(C)=O)C1(C)C.C=CC(=O)N1CCC(COC(C)=O)C1.C=CC(=O)N1CCC(COC(C)=O)CC1.C=CC(=O)N1CCC(C[CH-]OC(C)=O)CC1.C=CC(=O)N1CCCC(COC(C)=O)C1.C=CC(=O)N1CCCC1COC(C)=O.C=CC(=O)N1CCCCC1COC(C)=O.[Y].[Y]. The number of likely N-dealkylation sites (tertiary alicyclic amines) is 9. The molecule has 9 aliphatic rings. The van der Waals surface area contributed by atoms with Gasteiger partial charge in [0.1, 0.15) is 13.2 Å². The van der Waals surface area contributed by atoms with Crippen molar-refractivity contribution in [1.29, 1.82) is 0 Å². The average molecular weight is 2250 g/mol. The molecule has 0 aliphatic carbocycles. The normalized spacial score (nSPS) is 20.4. The number of hydrogen-bond donors (Lipinski definition) is 0. The van der Waals surface area contributed by atoms with Crippen molar-refractivity contribution < 1.29 is 194 Å². The van der Waals surface area contributed by atoms with E-state index in [2.05, 4.69) is 128 Å². The van der Waals surface area contributed by atoms with Crippen LogP contribution in [0.1, 0.15) is 274 Å². The van der Waals surface area contributed by atoms with Gasteiger partial charge < -0.3 is 86.7 Å². The Kier molecular flexibility index (Phi) is 67.6. The van der Waals surface area contributed by atoms with Crippen LogP contribution in [0.4, 0.5) is 0 Å². The van der Waals surface area contributed by atoms with Crippen LogP contribution in [0.15, 0.2) is 114 Å². The van der Waals surface area contributed by atoms with Crippen LogP contribution in [-0.2, 0) is 194 Å². The molecule has 0 spiro atoms. The van der Waals surface area contributed by atoms with Crippen molar-refractivity contribution in [2.75, 3.05) is 112 Å². The van der Waals surface area contributed by atoms with Crippen LogP contribution in [0, 0.1) is 54.6 Å². The second-order valence-electron chi connectivity index (χ2n) is 41.8. The molecule has 9 heterocycles. The fourth-order valence-corrected chi connectivity index (χ4v) is 20.5. The molecule has 0 N–H and O–H groups in total. The Balaban J connectivity index is 0. The van der Waals surface area contributed by atoms with Gasteiger partial charge >= 0.3 is 41.8 Å². The summed E-state index contributed by atoms with van der Waals surface area (Å²) in [6.45, 7) is 81.9. The number of piperidine rings is 7. The van der Waals surface area contributed by atoms with E-state index in [0.29, 0.717) is 77.1 Å². The Morgan fingerprint density at radius 1 is 0.262 bits per heavy atom. The van der Waals surface area contributed by atoms with Gasteiger partial charge in [-0.2, -0.15) is 13.2 Å². The Morgan fingerprint density at radius 3 is 0.899 bits per heavy atom. The number of carbonyl (C=O) groups excluding carboxylic acids is 18. The molecule has 9 rings (SSSR count). The van der Waals surface area contributed by atoms with Gasteiger partial charge in [-0.15, -0.1) is 12.8 Å². The van der Waals surface area contributed by atoms with Gasteiger partial charge in [0.05, 0.1) is 45.1 Å². The van der Waals surface area contributed by atoms with E-state index in [4.69, 9.17) is 42.6 Å². The molecule has 0 aromatic rings. The van der Waals surface area contributed by atoms with E-state index in [1.807, 2.05) is 28.5 Å². The minimum absolute atomic E-state index is 0. The summed E-state index contributed by atoms with van der Waals surface area (Å²) in [4.78, 5) is 217. The van der Waals surface area contributed by atoms with Crippen molar-refractivity contribution in [1.82, 2.24) is 44.1 Å². The monoisotopic (exact) mass is 2240 g/mol. The molecule has 5 unspecified atom stereocenters. The van der Waals surface area contributed by atoms with Gasteiger partial charge in [0.2, 0.25) is 53.2 Å². The van der Waals surface area contributed by atoms with E-state index in [9.17, 15) is 86.3 Å². The van der Waals surface area contributed by atoms with Gasteiger partial charge in [-0.05, 0) is 265 Å². The summed E-state index contributed by atoms with van der Waals surface area (Å²) in [6, 6.07) is 0.0533. The summed E-state index contributed by atoms with van der Waals surface area (Å²) in [5, 5.41) is 0. The number of amides is 9. The molecule has 36 nitrogen and oxygen atoms in total. The molecule has 0 aromatic heterocycles. The molecule has 9 fully saturated rings. The zero-order chi connectivity index (χ0) is 112. The van der Waals surface area contributed by atoms with Crippen LogP contribution >= 0.6 is 0 Å². The Labute approximate surface area is 937 Å². The fourth-order valence-electron chi connectivity index (χ4n) is 20.5. The van der Waals surface area contributed by atoms with Crippen LogP contribution in [0.3, 0.4) is 0 Å². The van der Waals surface area contributed by atoms with Gasteiger partial charge in [-0.3, -0.25) is 86.3 Å². The average Bonchev–Trinajstić information content (AvgIpc) is 1.01. The molecular formula is C111H175N9O27Y2-2. The first-order valence-corrected chi connectivity index (χ1v) is 51.0. The van der Waals surface area contributed by atoms with Crippen molar-refractivity contribution in [2.45, 2.75) is 319 Å². The summed E-state index contributed by atoms with van der Waals surface area (Å²) in [7, 11) is 0. The third kappa shape index (κ3) is 53.4. The fraction of sp³-hybridized carbons (Fsp3) is 0.658. The Bertz CT molecular complexity index is 4420. The molecule has 38 heteroatoms. The minimum Gasteiger partial charge on any atom is -0.637 e. The van der Waals surface area contributed by atoms with Gasteiger partial charge in [0, 0.05) is 244 Å². The number of hydrogen-bond acceptors (Lipinski definition) is 27. The molecule has 2 radical (unpaired) electrons. The van der Waals surface area contributed by atoms with Crippen molar-refractivity contribution in [3.05, 3.63) is 127 Å². The van der Waals surface area contributed by atoms with Gasteiger partial charge in [-0.1, -0.05) is 71.0 Å². The zero-order valence-corrected chi connectivity index (χ0v) is 99.0. The summed E-state index contributed by atoms with van der Waals surface area (Å²) in [5.74, 6) is -0.576. The van der Waals surface area contributed by atoms with Crippen LogP contribution in [0.2, 0.25) is 0 Å². The number of esters is 9. The number of rotatable bonds is 29. The second kappa shape index (κ2) is 71.3. The van der Waals surface area contributed by atoms with Crippen LogP contribution in [-0.4, -0.2) is 308 Å². The van der Waals surface area contributed by atoms with E-state index in [0.717, 1.165) is 181 Å². The number of carbonyl (C=O) groups is 18. The van der Waals surface area contributed by atoms with E-state index in [1.54, 1.807) is 42.6 Å². The molecule has 9 amide bonds. The maximum atomic E-state index is 12.2. The second-order valence-corrected chi connectivity index (χ2v) is 41.8. The van der Waals surface area contributed by atoms with Gasteiger partial charge in [0.15, 0.2) is 0 Å². The number of ether oxygens (including phenoxy) is 9. The predicted molar refractivity (Wildman–Crippen MR) is 559 cm³/mol. The standard InChI is InChI=1S/C16H26NO3.2C15H25NO3.C12H18NO3.3C11H17NO3.2C10H15NO3.2Y/c1-7-14(19)17-15(3,4)10-13(11-16(17,5)6)8-9-20-12(2)18;1-7-13(18)16-14(3,4)8-12(9-15(16,5)6)10-19-11(2)17;1-7-13(18)16-14(3,4)9-8-12(15(16,5)6)10-19-11(2)17;1-3-12(15)13-7-4-11(5-8-13)6-9-16-10(2)14;1-3-11(14)12-6-4-10(5-7-12)8-15-9(2)13;1-3-11(14)12-6-4-5-10(7-12)8-15-9(2)13;1-3-11(14)12-7-5-4-6-10(12)8-15-9(2)13;1-3-10(13)11-5-4-9(6-11)7-14-8(2)12;1-3-10(13)11-6-4-5-9(11)7-14-8(2)12;;/h7,9,13H,1,8,10-11H2,2-6H3;2*7,12H,1,8-10H2,2-6H3;3,9,11H,1,4-8H2,2H3;3*3,10H,1,4-8H2,2H3;2*3,9H,1,4-7H2,2H3;;/q-1;;;-1;;;;;;;. The zero-order valence-electron chi connectivity index (χ0n) is 93.3. The number of nitrogens with zero attached hydrogens (tertiary/aromatic N) is 9. The molecule has 0 bridgehead atoms. The molecule has 9 aliphatic heterocycles. The summed E-state index contributed by atoms with van der Waals surface area (Å²) >= 11 is 0. The Hall–Kier alpha value is -9.67.